The lowest BCUT2D eigenvalue weighted by Crippen LogP contribution is -2.47. The lowest BCUT2D eigenvalue weighted by Gasteiger charge is -2.35. The molecule has 0 radical (unpaired) electrons. The number of fused-ring (bicyclic) bond motifs is 1. The van der Waals surface area contributed by atoms with Crippen LogP contribution in [0.4, 0.5) is 14.5 Å². The minimum absolute atomic E-state index is 0.0894. The molecular formula is C26H24F2N6O. The zero-order chi connectivity index (χ0) is 24.5. The zero-order valence-corrected chi connectivity index (χ0v) is 19.1. The Kier molecular flexibility index (Phi) is 5.95. The molecule has 35 heavy (non-hydrogen) atoms. The van der Waals surface area contributed by atoms with Crippen LogP contribution in [-0.4, -0.2) is 39.8 Å². The number of H-pyrrole nitrogens is 1. The van der Waals surface area contributed by atoms with Crippen LogP contribution in [0, 0.1) is 11.3 Å². The van der Waals surface area contributed by atoms with Crippen LogP contribution in [0.5, 0.6) is 0 Å². The molecule has 1 saturated heterocycles. The molecule has 1 fully saturated rings. The van der Waals surface area contributed by atoms with Crippen molar-refractivity contribution in [3.05, 3.63) is 71.5 Å². The van der Waals surface area contributed by atoms with Crippen LogP contribution in [0.25, 0.3) is 22.2 Å². The van der Waals surface area contributed by atoms with Crippen molar-refractivity contribution in [2.24, 2.45) is 7.05 Å². The summed E-state index contributed by atoms with van der Waals surface area (Å²) in [6.07, 6.45) is 2.84. The van der Waals surface area contributed by atoms with Crippen LogP contribution in [0.1, 0.15) is 40.8 Å². The number of alkyl halides is 2. The normalized spacial score (nSPS) is 16.0. The van der Waals surface area contributed by atoms with Crippen molar-refractivity contribution >= 4 is 22.5 Å². The highest BCUT2D eigenvalue weighted by Crippen LogP contribution is 2.34. The molecule has 1 atom stereocenters. The number of aromatic amines is 1. The van der Waals surface area contributed by atoms with Crippen molar-refractivity contribution in [3.63, 3.8) is 0 Å². The molecule has 2 aromatic heterocycles. The molecule has 1 unspecified atom stereocenters. The Labute approximate surface area is 201 Å². The maximum Gasteiger partial charge on any atom is 0.263 e. The summed E-state index contributed by atoms with van der Waals surface area (Å²) in [5.74, 6) is -0.275. The molecular weight excluding hydrogens is 450 g/mol. The second kappa shape index (κ2) is 9.22. The number of piperidine rings is 1. The molecule has 5 rings (SSSR count). The van der Waals surface area contributed by atoms with Crippen LogP contribution >= 0.6 is 0 Å². The summed E-state index contributed by atoms with van der Waals surface area (Å²) in [4.78, 5) is 18.3. The van der Waals surface area contributed by atoms with Crippen LogP contribution in [0.2, 0.25) is 0 Å². The van der Waals surface area contributed by atoms with Gasteiger partial charge in [0, 0.05) is 65.8 Å². The maximum atomic E-state index is 12.8. The Morgan fingerprint density at radius 2 is 2.06 bits per heavy atom. The number of rotatable bonds is 5. The third kappa shape index (κ3) is 4.47. The number of anilines is 1. The Morgan fingerprint density at radius 3 is 2.74 bits per heavy atom. The number of hydrogen-bond acceptors (Lipinski definition) is 4. The molecule has 1 aliphatic rings. The first kappa shape index (κ1) is 22.6. The number of nitrogens with zero attached hydrogens (tertiary/aromatic N) is 4. The van der Waals surface area contributed by atoms with E-state index in [2.05, 4.69) is 26.4 Å². The first-order chi connectivity index (χ1) is 16.9. The Hall–Kier alpha value is -4.19. The van der Waals surface area contributed by atoms with Gasteiger partial charge in [-0.25, -0.2) is 8.78 Å². The topological polar surface area (TPSA) is 89.7 Å². The molecule has 7 nitrogen and oxygen atoms in total. The van der Waals surface area contributed by atoms with E-state index in [0.29, 0.717) is 17.7 Å². The van der Waals surface area contributed by atoms with Crippen molar-refractivity contribution in [1.29, 1.82) is 5.26 Å². The lowest BCUT2D eigenvalue weighted by atomic mass is 10.0. The Balaban J connectivity index is 1.38. The summed E-state index contributed by atoms with van der Waals surface area (Å²) >= 11 is 0. The van der Waals surface area contributed by atoms with E-state index in [4.69, 9.17) is 0 Å². The molecule has 0 saturated carbocycles. The second-order valence-electron chi connectivity index (χ2n) is 8.80. The van der Waals surface area contributed by atoms with Gasteiger partial charge in [-0.05, 0) is 43.2 Å². The highest BCUT2D eigenvalue weighted by atomic mass is 19.3. The van der Waals surface area contributed by atoms with E-state index in [1.54, 1.807) is 10.9 Å². The van der Waals surface area contributed by atoms with Gasteiger partial charge < -0.3 is 15.2 Å². The smallest absolute Gasteiger partial charge is 0.263 e. The average Bonchev–Trinajstić information content (AvgIpc) is 3.50. The number of halogens is 2. The highest BCUT2D eigenvalue weighted by Gasteiger charge is 2.24. The first-order valence-electron chi connectivity index (χ1n) is 11.4. The van der Waals surface area contributed by atoms with Gasteiger partial charge in [0.25, 0.3) is 12.3 Å². The van der Waals surface area contributed by atoms with Crippen molar-refractivity contribution in [2.45, 2.75) is 25.3 Å². The fraction of sp³-hybridized carbons (Fsp3) is 0.269. The van der Waals surface area contributed by atoms with Gasteiger partial charge in [-0.2, -0.15) is 10.4 Å². The standard InChI is InChI=1S/C26H24F2N6O/c1-33-14-19(13-30-33)22-11-21-23(9-8-18(12-29)24(21)32-22)34-10-2-3-20(15-34)31-26(35)17-6-4-16(5-7-17)25(27)28/h4-9,11,13-14,20,25,32H,2-3,10,15H2,1H3,(H,31,35). The quantitative estimate of drug-likeness (QED) is 0.436. The van der Waals surface area contributed by atoms with Gasteiger partial charge in [0.05, 0.1) is 17.3 Å². The number of nitrogens with one attached hydrogen (secondary N) is 2. The number of hydrogen-bond donors (Lipinski definition) is 2. The molecule has 0 spiro atoms. The largest absolute Gasteiger partial charge is 0.369 e. The van der Waals surface area contributed by atoms with E-state index < -0.39 is 6.43 Å². The Bertz CT molecular complexity index is 1420. The monoisotopic (exact) mass is 474 g/mol. The zero-order valence-electron chi connectivity index (χ0n) is 19.1. The van der Waals surface area contributed by atoms with E-state index in [1.165, 1.54) is 24.3 Å². The summed E-state index contributed by atoms with van der Waals surface area (Å²) in [6.45, 7) is 1.43. The van der Waals surface area contributed by atoms with Gasteiger partial charge >= 0.3 is 0 Å². The summed E-state index contributed by atoms with van der Waals surface area (Å²) < 4.78 is 27.3. The summed E-state index contributed by atoms with van der Waals surface area (Å²) in [7, 11) is 1.85. The SMILES string of the molecule is Cn1cc(-c2cc3c(N4CCCC(NC(=O)c5ccc(C(F)F)cc5)C4)ccc(C#N)c3[nH]2)cn1. The van der Waals surface area contributed by atoms with Crippen molar-refractivity contribution in [1.82, 2.24) is 20.1 Å². The number of carbonyl (C=O) groups is 1. The lowest BCUT2D eigenvalue weighted by molar-refractivity contribution is 0.0932. The van der Waals surface area contributed by atoms with Crippen molar-refractivity contribution in [3.8, 4) is 17.3 Å². The molecule has 2 aromatic carbocycles. The van der Waals surface area contributed by atoms with E-state index >= 15 is 0 Å². The molecule has 0 bridgehead atoms. The molecule has 0 aliphatic carbocycles. The molecule has 3 heterocycles. The van der Waals surface area contributed by atoms with E-state index in [1.807, 2.05) is 31.4 Å². The van der Waals surface area contributed by atoms with Gasteiger partial charge in [-0.3, -0.25) is 9.48 Å². The van der Waals surface area contributed by atoms with Crippen LogP contribution < -0.4 is 10.2 Å². The number of nitriles is 1. The number of benzene rings is 2. The molecule has 1 aliphatic heterocycles. The Morgan fingerprint density at radius 1 is 1.26 bits per heavy atom. The minimum Gasteiger partial charge on any atom is -0.369 e. The minimum atomic E-state index is -2.56. The predicted molar refractivity (Wildman–Crippen MR) is 129 cm³/mol. The molecule has 1 amide bonds. The molecule has 178 valence electrons. The van der Waals surface area contributed by atoms with E-state index in [0.717, 1.165) is 47.2 Å². The van der Waals surface area contributed by atoms with Crippen molar-refractivity contribution < 1.29 is 13.6 Å². The number of aromatic nitrogens is 3. The van der Waals surface area contributed by atoms with Crippen LogP contribution in [0.3, 0.4) is 0 Å². The van der Waals surface area contributed by atoms with E-state index in [9.17, 15) is 18.8 Å². The third-order valence-corrected chi connectivity index (χ3v) is 6.43. The van der Waals surface area contributed by atoms with Crippen LogP contribution in [-0.2, 0) is 7.05 Å². The van der Waals surface area contributed by atoms with Crippen molar-refractivity contribution in [2.75, 3.05) is 18.0 Å². The predicted octanol–water partition coefficient (Wildman–Crippen LogP) is 4.78. The summed E-state index contributed by atoms with van der Waals surface area (Å²) in [5.41, 5.74) is 4.39. The molecule has 4 aromatic rings. The fourth-order valence-electron chi connectivity index (χ4n) is 4.65. The number of amides is 1. The van der Waals surface area contributed by atoms with Gasteiger partial charge in [0.1, 0.15) is 6.07 Å². The first-order valence-corrected chi connectivity index (χ1v) is 11.4. The molecule has 9 heteroatoms. The van der Waals surface area contributed by atoms with Gasteiger partial charge in [0.2, 0.25) is 0 Å². The van der Waals surface area contributed by atoms with Gasteiger partial charge in [-0.1, -0.05) is 12.1 Å². The highest BCUT2D eigenvalue weighted by molar-refractivity contribution is 5.99. The summed E-state index contributed by atoms with van der Waals surface area (Å²) in [6, 6.07) is 13.4. The third-order valence-electron chi connectivity index (χ3n) is 6.43. The fourth-order valence-corrected chi connectivity index (χ4v) is 4.65. The summed E-state index contributed by atoms with van der Waals surface area (Å²) in [5, 5.41) is 17.9. The van der Waals surface area contributed by atoms with Crippen LogP contribution in [0.15, 0.2) is 54.9 Å². The maximum absolute atomic E-state index is 12.8. The number of aryl methyl sites for hydroxylation is 1. The van der Waals surface area contributed by atoms with Gasteiger partial charge in [0.15, 0.2) is 0 Å². The van der Waals surface area contributed by atoms with E-state index in [-0.39, 0.29) is 17.5 Å². The van der Waals surface area contributed by atoms with Gasteiger partial charge in [-0.15, -0.1) is 0 Å². The second-order valence-corrected chi connectivity index (χ2v) is 8.80. The molecule has 2 N–H and O–H groups in total. The average molecular weight is 475 g/mol. The number of carbonyl (C=O) groups excluding carboxylic acids is 1.